The number of carbonyl (C=O) groups excluding carboxylic acids is 3. The number of benzene rings is 2. The molecule has 5 rings (SSSR count). The van der Waals surface area contributed by atoms with E-state index in [0.29, 0.717) is 65.3 Å². The smallest absolute Gasteiger partial charge is 0.411 e. The molecule has 3 amide bonds. The molecule has 1 aliphatic heterocycles. The molecule has 1 fully saturated rings. The van der Waals surface area contributed by atoms with Crippen LogP contribution in [0.3, 0.4) is 0 Å². The van der Waals surface area contributed by atoms with E-state index in [1.165, 1.54) is 24.2 Å². The molecule has 0 saturated carbocycles. The number of rotatable bonds is 9. The largest absolute Gasteiger partial charge is 0.453 e. The zero-order valence-corrected chi connectivity index (χ0v) is 24.9. The number of aromatic amines is 1. The van der Waals surface area contributed by atoms with Gasteiger partial charge in [-0.1, -0.05) is 35.3 Å². The van der Waals surface area contributed by atoms with Gasteiger partial charge in [-0.3, -0.25) is 14.9 Å². The first kappa shape index (κ1) is 30.7. The molecule has 2 aromatic carbocycles. The number of amides is 3. The molecule has 14 nitrogen and oxygen atoms in total. The van der Waals surface area contributed by atoms with Gasteiger partial charge in [-0.05, 0) is 46.8 Å². The minimum atomic E-state index is -0.840. The third-order valence-corrected chi connectivity index (χ3v) is 7.17. The summed E-state index contributed by atoms with van der Waals surface area (Å²) in [5.74, 6) is -0.368. The van der Waals surface area contributed by atoms with Gasteiger partial charge in [0.15, 0.2) is 0 Å². The Bertz CT molecular complexity index is 1650. The zero-order valence-electron chi connectivity index (χ0n) is 23.4. The first-order valence-corrected chi connectivity index (χ1v) is 14.1. The van der Waals surface area contributed by atoms with E-state index in [9.17, 15) is 14.4 Å². The molecule has 228 valence electrons. The zero-order chi connectivity index (χ0) is 31.1. The van der Waals surface area contributed by atoms with Crippen molar-refractivity contribution in [3.63, 3.8) is 0 Å². The summed E-state index contributed by atoms with van der Waals surface area (Å²) in [5.41, 5.74) is 2.77. The number of hydrogen-bond donors (Lipinski definition) is 3. The van der Waals surface area contributed by atoms with Crippen LogP contribution >= 0.6 is 23.2 Å². The Labute approximate surface area is 261 Å². The van der Waals surface area contributed by atoms with Crippen molar-refractivity contribution >= 4 is 52.9 Å². The number of tetrazole rings is 1. The Morgan fingerprint density at radius 2 is 1.91 bits per heavy atom. The summed E-state index contributed by atoms with van der Waals surface area (Å²) < 4.78 is 11.4. The van der Waals surface area contributed by atoms with E-state index < -0.39 is 18.0 Å². The number of imidazole rings is 1. The van der Waals surface area contributed by atoms with Crippen LogP contribution in [-0.4, -0.2) is 86.4 Å². The quantitative estimate of drug-likeness (QED) is 0.231. The maximum Gasteiger partial charge on any atom is 0.411 e. The van der Waals surface area contributed by atoms with E-state index in [0.717, 1.165) is 0 Å². The minimum Gasteiger partial charge on any atom is -0.453 e. The van der Waals surface area contributed by atoms with Crippen molar-refractivity contribution in [3.8, 4) is 16.9 Å². The van der Waals surface area contributed by atoms with Crippen LogP contribution < -0.4 is 10.6 Å². The number of nitrogens with zero attached hydrogens (tertiary/aromatic N) is 6. The summed E-state index contributed by atoms with van der Waals surface area (Å²) >= 11 is 12.7. The molecular formula is C28H27Cl2N9O5. The number of halogens is 2. The fourth-order valence-electron chi connectivity index (χ4n) is 4.46. The minimum absolute atomic E-state index is 0.0715. The monoisotopic (exact) mass is 639 g/mol. The standard InChI is InChI=1S/C28H27Cl2N9O5/c1-43-28(42)32-20-6-2-17(3-7-20)25-26(30)35-27(34-25)21(15-24(41)38-10-12-44-13-11-38)33-23(40)9-4-18-14-19(29)5-8-22(18)39-16-31-36-37-39/h2-9,14,16,21H,10-13,15H2,1H3,(H,32,42)(H,33,40)(H,34,35). The summed E-state index contributed by atoms with van der Waals surface area (Å²) in [6.07, 6.45) is 3.65. The fourth-order valence-corrected chi connectivity index (χ4v) is 4.89. The van der Waals surface area contributed by atoms with Crippen molar-refractivity contribution in [2.45, 2.75) is 12.5 Å². The summed E-state index contributed by atoms with van der Waals surface area (Å²) in [6.45, 7) is 1.77. The Hall–Kier alpha value is -4.79. The lowest BCUT2D eigenvalue weighted by molar-refractivity contribution is -0.136. The number of aromatic nitrogens is 6. The molecule has 0 spiro atoms. The second-order valence-electron chi connectivity index (χ2n) is 9.53. The number of methoxy groups -OCH3 is 1. The second kappa shape index (κ2) is 14.1. The van der Waals surface area contributed by atoms with Gasteiger partial charge in [0.2, 0.25) is 11.8 Å². The number of carbonyl (C=O) groups is 3. The second-order valence-corrected chi connectivity index (χ2v) is 10.3. The van der Waals surface area contributed by atoms with Gasteiger partial charge in [-0.15, -0.1) is 5.10 Å². The SMILES string of the molecule is COC(=O)Nc1ccc(-c2nc(C(CC(=O)N3CCOCC3)NC(=O)C=Cc3cc(Cl)ccc3-n3cnnn3)[nH]c2Cl)cc1. The third-order valence-electron chi connectivity index (χ3n) is 6.66. The van der Waals surface area contributed by atoms with Crippen LogP contribution in [0.1, 0.15) is 23.9 Å². The predicted octanol–water partition coefficient (Wildman–Crippen LogP) is 3.66. The molecule has 4 aromatic rings. The molecule has 0 bridgehead atoms. The van der Waals surface area contributed by atoms with E-state index in [1.807, 2.05) is 0 Å². The number of H-pyrrole nitrogens is 1. The highest BCUT2D eigenvalue weighted by atomic mass is 35.5. The fraction of sp³-hybridized carbons (Fsp3) is 0.250. The highest BCUT2D eigenvalue weighted by Crippen LogP contribution is 2.30. The maximum atomic E-state index is 13.2. The summed E-state index contributed by atoms with van der Waals surface area (Å²) in [5, 5.41) is 17.3. The van der Waals surface area contributed by atoms with Gasteiger partial charge in [0.05, 0.1) is 38.5 Å². The first-order valence-electron chi connectivity index (χ1n) is 13.4. The highest BCUT2D eigenvalue weighted by molar-refractivity contribution is 6.32. The maximum absolute atomic E-state index is 13.2. The van der Waals surface area contributed by atoms with E-state index in [-0.39, 0.29) is 17.5 Å². The first-order chi connectivity index (χ1) is 21.3. The topological polar surface area (TPSA) is 169 Å². The highest BCUT2D eigenvalue weighted by Gasteiger charge is 2.26. The summed E-state index contributed by atoms with van der Waals surface area (Å²) in [6, 6.07) is 11.0. The van der Waals surface area contributed by atoms with E-state index >= 15 is 0 Å². The molecule has 2 aromatic heterocycles. The van der Waals surface area contributed by atoms with Crippen molar-refractivity contribution in [2.75, 3.05) is 38.7 Å². The van der Waals surface area contributed by atoms with Crippen molar-refractivity contribution in [3.05, 3.63) is 76.4 Å². The lowest BCUT2D eigenvalue weighted by Gasteiger charge is -2.28. The molecule has 3 heterocycles. The van der Waals surface area contributed by atoms with E-state index in [2.05, 4.69) is 40.9 Å². The van der Waals surface area contributed by atoms with Gasteiger partial charge in [-0.25, -0.2) is 9.78 Å². The van der Waals surface area contributed by atoms with Crippen LogP contribution in [0.2, 0.25) is 10.2 Å². The third kappa shape index (κ3) is 7.58. The molecule has 44 heavy (non-hydrogen) atoms. The number of morpholine rings is 1. The lowest BCUT2D eigenvalue weighted by Crippen LogP contribution is -2.42. The molecule has 1 unspecified atom stereocenters. The van der Waals surface area contributed by atoms with Crippen LogP contribution in [0.25, 0.3) is 23.0 Å². The molecule has 0 radical (unpaired) electrons. The molecule has 16 heteroatoms. The van der Waals surface area contributed by atoms with Gasteiger partial charge in [0.1, 0.15) is 23.0 Å². The number of anilines is 1. The predicted molar refractivity (Wildman–Crippen MR) is 161 cm³/mol. The lowest BCUT2D eigenvalue weighted by atomic mass is 10.1. The molecule has 1 aliphatic rings. The molecule has 1 saturated heterocycles. The van der Waals surface area contributed by atoms with Crippen molar-refractivity contribution in [1.29, 1.82) is 0 Å². The van der Waals surface area contributed by atoms with Crippen LogP contribution in [0.5, 0.6) is 0 Å². The van der Waals surface area contributed by atoms with Gasteiger partial charge in [0.25, 0.3) is 0 Å². The van der Waals surface area contributed by atoms with Gasteiger partial charge < -0.3 is 24.7 Å². The van der Waals surface area contributed by atoms with Gasteiger partial charge >= 0.3 is 6.09 Å². The average molecular weight is 640 g/mol. The van der Waals surface area contributed by atoms with E-state index in [4.69, 9.17) is 27.9 Å². The molecule has 0 aliphatic carbocycles. The van der Waals surface area contributed by atoms with Crippen LogP contribution in [-0.2, 0) is 19.1 Å². The van der Waals surface area contributed by atoms with Gasteiger partial charge in [-0.2, -0.15) is 4.68 Å². The normalized spacial score (nSPS) is 13.9. The molecular weight excluding hydrogens is 613 g/mol. The number of hydrogen-bond acceptors (Lipinski definition) is 9. The Balaban J connectivity index is 1.38. The van der Waals surface area contributed by atoms with Crippen LogP contribution in [0.4, 0.5) is 10.5 Å². The molecule has 1 atom stereocenters. The summed E-state index contributed by atoms with van der Waals surface area (Å²) in [4.78, 5) is 47.3. The van der Waals surface area contributed by atoms with Crippen molar-refractivity contribution in [1.82, 2.24) is 40.4 Å². The van der Waals surface area contributed by atoms with E-state index in [1.54, 1.807) is 53.4 Å². The van der Waals surface area contributed by atoms with Crippen LogP contribution in [0.15, 0.2) is 54.9 Å². The van der Waals surface area contributed by atoms with Gasteiger partial charge in [0, 0.05) is 41.0 Å². The Kier molecular flexibility index (Phi) is 9.84. The number of nitrogens with one attached hydrogen (secondary N) is 3. The Morgan fingerprint density at radius 3 is 2.61 bits per heavy atom. The van der Waals surface area contributed by atoms with Crippen LogP contribution in [0, 0.1) is 0 Å². The summed E-state index contributed by atoms with van der Waals surface area (Å²) in [7, 11) is 1.27. The number of ether oxygens (including phenoxy) is 2. The van der Waals surface area contributed by atoms with Crippen molar-refractivity contribution in [2.24, 2.45) is 0 Å². The van der Waals surface area contributed by atoms with Crippen molar-refractivity contribution < 1.29 is 23.9 Å². The molecule has 3 N–H and O–H groups in total. The average Bonchev–Trinajstić information content (AvgIpc) is 3.71. The Morgan fingerprint density at radius 1 is 1.14 bits per heavy atom.